The molecule has 194 valence electrons. The van der Waals surface area contributed by atoms with Gasteiger partial charge < -0.3 is 10.2 Å². The van der Waals surface area contributed by atoms with Crippen molar-refractivity contribution in [3.8, 4) is 0 Å². The molecule has 2 heterocycles. The number of hydrogen-bond donors (Lipinski definition) is 1. The first-order chi connectivity index (χ1) is 17.7. The van der Waals surface area contributed by atoms with Gasteiger partial charge in [0.25, 0.3) is 5.91 Å². The molecule has 1 fully saturated rings. The van der Waals surface area contributed by atoms with Crippen LogP contribution in [-0.2, 0) is 4.79 Å². The monoisotopic (exact) mass is 489 g/mol. The van der Waals surface area contributed by atoms with Gasteiger partial charge in [-0.15, -0.1) is 0 Å². The summed E-state index contributed by atoms with van der Waals surface area (Å²) in [5.74, 6) is 0.0567. The van der Waals surface area contributed by atoms with E-state index in [4.69, 9.17) is 0 Å². The van der Waals surface area contributed by atoms with Crippen LogP contribution in [0.1, 0.15) is 81.5 Å². The van der Waals surface area contributed by atoms with Crippen molar-refractivity contribution in [1.82, 2.24) is 15.2 Å². The summed E-state index contributed by atoms with van der Waals surface area (Å²) >= 11 is 0. The fraction of sp³-hybridized carbons (Fsp3) is 0.452. The van der Waals surface area contributed by atoms with Crippen LogP contribution < -0.4 is 5.32 Å². The first kappa shape index (κ1) is 29.0. The predicted octanol–water partition coefficient (Wildman–Crippen LogP) is 6.72. The second-order valence-corrected chi connectivity index (χ2v) is 8.94. The van der Waals surface area contributed by atoms with Crippen LogP contribution in [-0.4, -0.2) is 40.8 Å². The van der Waals surface area contributed by atoms with Crippen LogP contribution in [0, 0.1) is 0 Å². The van der Waals surface area contributed by atoms with Crippen molar-refractivity contribution >= 4 is 11.8 Å². The van der Waals surface area contributed by atoms with Crippen LogP contribution in [0.2, 0.25) is 0 Å². The van der Waals surface area contributed by atoms with Crippen LogP contribution in [0.25, 0.3) is 0 Å². The molecule has 5 heteroatoms. The maximum Gasteiger partial charge on any atom is 0.252 e. The lowest BCUT2D eigenvalue weighted by Crippen LogP contribution is -2.43. The number of nitrogens with zero attached hydrogens (tertiary/aromatic N) is 2. The van der Waals surface area contributed by atoms with Gasteiger partial charge >= 0.3 is 0 Å². The van der Waals surface area contributed by atoms with Gasteiger partial charge in [-0.3, -0.25) is 14.6 Å². The highest BCUT2D eigenvalue weighted by Crippen LogP contribution is 2.18. The van der Waals surface area contributed by atoms with Crippen molar-refractivity contribution in [2.45, 2.75) is 77.2 Å². The van der Waals surface area contributed by atoms with E-state index >= 15 is 0 Å². The lowest BCUT2D eigenvalue weighted by molar-refractivity contribution is -0.132. The minimum absolute atomic E-state index is 0.0896. The van der Waals surface area contributed by atoms with Crippen LogP contribution in [0.5, 0.6) is 0 Å². The molecule has 0 radical (unpaired) electrons. The number of unbranched alkanes of at least 4 members (excludes halogenated alkanes) is 1. The third-order valence-electron chi connectivity index (χ3n) is 6.04. The van der Waals surface area contributed by atoms with Gasteiger partial charge in [0.2, 0.25) is 5.91 Å². The average Bonchev–Trinajstić information content (AvgIpc) is 3.38. The van der Waals surface area contributed by atoms with Gasteiger partial charge in [0.1, 0.15) is 0 Å². The van der Waals surface area contributed by atoms with Crippen molar-refractivity contribution in [3.05, 3.63) is 90.9 Å². The fourth-order valence-corrected chi connectivity index (χ4v) is 4.07. The van der Waals surface area contributed by atoms with Crippen molar-refractivity contribution in [3.63, 3.8) is 0 Å². The normalized spacial score (nSPS) is 16.5. The molecule has 0 bridgehead atoms. The van der Waals surface area contributed by atoms with Crippen LogP contribution in [0.15, 0.2) is 85.3 Å². The summed E-state index contributed by atoms with van der Waals surface area (Å²) in [6.07, 6.45) is 34.4. The summed E-state index contributed by atoms with van der Waals surface area (Å²) in [7, 11) is 0. The van der Waals surface area contributed by atoms with Crippen molar-refractivity contribution in [2.24, 2.45) is 0 Å². The number of pyridine rings is 1. The topological polar surface area (TPSA) is 62.3 Å². The molecule has 0 aromatic carbocycles. The number of rotatable bonds is 16. The summed E-state index contributed by atoms with van der Waals surface area (Å²) < 4.78 is 0. The van der Waals surface area contributed by atoms with E-state index in [1.807, 2.05) is 4.90 Å². The standard InChI is InChI=1S/C31H43N3O2/c1-2-3-4-5-6-7-8-9-10-11-12-13-14-15-16-17-18-23-30(35)34-25-20-22-29(34)27-33-31(36)28-21-19-24-32-26-28/h3-4,6-7,9-10,12-13,15-16,19,21,24,26,29H,2,5,8,11,14,17-18,20,22-23,25,27H2,1H3,(H,33,36). The number of nitrogens with one attached hydrogen (secondary N) is 1. The second-order valence-electron chi connectivity index (χ2n) is 8.94. The van der Waals surface area contributed by atoms with Gasteiger partial charge in [0.05, 0.1) is 5.56 Å². The number of amides is 2. The quantitative estimate of drug-likeness (QED) is 0.207. The molecular formula is C31H43N3O2. The average molecular weight is 490 g/mol. The van der Waals surface area contributed by atoms with Gasteiger partial charge in [-0.1, -0.05) is 67.7 Å². The lowest BCUT2D eigenvalue weighted by atomic mass is 10.1. The first-order valence-corrected chi connectivity index (χ1v) is 13.4. The third kappa shape index (κ3) is 12.5. The van der Waals surface area contributed by atoms with Crippen molar-refractivity contribution in [2.75, 3.05) is 13.1 Å². The highest BCUT2D eigenvalue weighted by Gasteiger charge is 2.28. The first-order valence-electron chi connectivity index (χ1n) is 13.4. The number of aromatic nitrogens is 1. The number of carbonyl (C=O) groups excluding carboxylic acids is 2. The highest BCUT2D eigenvalue weighted by atomic mass is 16.2. The van der Waals surface area contributed by atoms with Crippen LogP contribution >= 0.6 is 0 Å². The van der Waals surface area contributed by atoms with E-state index in [9.17, 15) is 9.59 Å². The fourth-order valence-electron chi connectivity index (χ4n) is 4.07. The molecule has 1 unspecified atom stereocenters. The minimum Gasteiger partial charge on any atom is -0.350 e. The summed E-state index contributed by atoms with van der Waals surface area (Å²) in [5, 5.41) is 2.95. The Morgan fingerprint density at radius 2 is 1.61 bits per heavy atom. The van der Waals surface area contributed by atoms with Gasteiger partial charge in [0.15, 0.2) is 0 Å². The molecule has 5 nitrogen and oxygen atoms in total. The Kier molecular flexibility index (Phi) is 15.3. The molecule has 0 spiro atoms. The number of allylic oxidation sites excluding steroid dienone is 10. The van der Waals surface area contributed by atoms with Gasteiger partial charge in [-0.05, 0) is 69.9 Å². The smallest absolute Gasteiger partial charge is 0.252 e. The Labute approximate surface area is 217 Å². The van der Waals surface area contributed by atoms with Crippen molar-refractivity contribution in [1.29, 1.82) is 0 Å². The van der Waals surface area contributed by atoms with Crippen molar-refractivity contribution < 1.29 is 9.59 Å². The van der Waals surface area contributed by atoms with Crippen LogP contribution in [0.4, 0.5) is 0 Å². The largest absolute Gasteiger partial charge is 0.350 e. The molecule has 1 aromatic heterocycles. The SMILES string of the molecule is CCC=CCC=CCC=CCC=CCC=CCCCC(=O)N1CCCC1CNC(=O)c1cccnc1. The Morgan fingerprint density at radius 3 is 2.22 bits per heavy atom. The molecule has 36 heavy (non-hydrogen) atoms. The summed E-state index contributed by atoms with van der Waals surface area (Å²) in [6, 6.07) is 3.58. The van der Waals surface area contributed by atoms with E-state index < -0.39 is 0 Å². The molecule has 1 saturated heterocycles. The Balaban J connectivity index is 1.53. The van der Waals surface area contributed by atoms with E-state index in [2.05, 4.69) is 78.0 Å². The van der Waals surface area contributed by atoms with E-state index in [0.29, 0.717) is 18.5 Å². The van der Waals surface area contributed by atoms with Gasteiger partial charge in [-0.2, -0.15) is 0 Å². The predicted molar refractivity (Wildman–Crippen MR) is 150 cm³/mol. The Hall–Kier alpha value is -3.21. The second kappa shape index (κ2) is 19.0. The Bertz CT molecular complexity index is 900. The molecule has 0 aliphatic carbocycles. The third-order valence-corrected chi connectivity index (χ3v) is 6.04. The van der Waals surface area contributed by atoms with Crippen LogP contribution in [0.3, 0.4) is 0 Å². The summed E-state index contributed by atoms with van der Waals surface area (Å²) in [5.41, 5.74) is 0.547. The molecule has 2 rings (SSSR count). The maximum atomic E-state index is 12.7. The zero-order chi connectivity index (χ0) is 25.7. The number of carbonyl (C=O) groups is 2. The van der Waals surface area contributed by atoms with E-state index in [1.165, 1.54) is 0 Å². The number of likely N-dealkylation sites (tertiary alicyclic amines) is 1. The molecule has 1 N–H and O–H groups in total. The minimum atomic E-state index is -0.138. The molecule has 0 saturated carbocycles. The van der Waals surface area contributed by atoms with Gasteiger partial charge in [-0.25, -0.2) is 0 Å². The maximum absolute atomic E-state index is 12.7. The molecule has 1 aliphatic heterocycles. The summed E-state index contributed by atoms with van der Waals surface area (Å²) in [6.45, 7) is 3.43. The van der Waals surface area contributed by atoms with E-state index in [1.54, 1.807) is 24.5 Å². The lowest BCUT2D eigenvalue weighted by Gasteiger charge is -2.25. The Morgan fingerprint density at radius 1 is 0.972 bits per heavy atom. The molecular weight excluding hydrogens is 446 g/mol. The molecule has 1 aromatic rings. The number of hydrogen-bond acceptors (Lipinski definition) is 3. The molecule has 1 aliphatic rings. The molecule has 1 atom stereocenters. The zero-order valence-corrected chi connectivity index (χ0v) is 21.9. The molecule has 2 amide bonds. The summed E-state index contributed by atoms with van der Waals surface area (Å²) in [4.78, 5) is 30.9. The van der Waals surface area contributed by atoms with E-state index in [-0.39, 0.29) is 17.9 Å². The van der Waals surface area contributed by atoms with E-state index in [0.717, 1.165) is 64.3 Å². The highest BCUT2D eigenvalue weighted by molar-refractivity contribution is 5.93. The zero-order valence-electron chi connectivity index (χ0n) is 21.9. The van der Waals surface area contributed by atoms with Gasteiger partial charge in [0, 0.05) is 37.9 Å².